The van der Waals surface area contributed by atoms with Crippen LogP contribution in [0.25, 0.3) is 0 Å². The molecule has 2 amide bonds. The second-order valence-corrected chi connectivity index (χ2v) is 5.87. The van der Waals surface area contributed by atoms with Crippen LogP contribution < -0.4 is 15.4 Å². The number of ether oxygens (including phenoxy) is 1. The van der Waals surface area contributed by atoms with Gasteiger partial charge < -0.3 is 15.4 Å². The standard InChI is InChI=1S/C16H21ClN2O3/c1-22-14-9-8-12(10-13(14)17)19-16(21)15(20)18-11-6-4-2-3-5-7-11/h8-11H,2-7H2,1H3,(H,18,20)(H,19,21). The summed E-state index contributed by atoms with van der Waals surface area (Å²) in [7, 11) is 1.51. The lowest BCUT2D eigenvalue weighted by atomic mass is 10.1. The van der Waals surface area contributed by atoms with E-state index < -0.39 is 11.8 Å². The van der Waals surface area contributed by atoms with Gasteiger partial charge in [0.1, 0.15) is 5.75 Å². The average molecular weight is 325 g/mol. The number of carbonyl (C=O) groups excluding carboxylic acids is 2. The van der Waals surface area contributed by atoms with Gasteiger partial charge in [-0.3, -0.25) is 9.59 Å². The van der Waals surface area contributed by atoms with Gasteiger partial charge in [-0.1, -0.05) is 37.3 Å². The van der Waals surface area contributed by atoms with Crippen molar-refractivity contribution in [3.05, 3.63) is 23.2 Å². The number of anilines is 1. The summed E-state index contributed by atoms with van der Waals surface area (Å²) in [5.41, 5.74) is 0.465. The van der Waals surface area contributed by atoms with E-state index in [1.54, 1.807) is 18.2 Å². The van der Waals surface area contributed by atoms with Gasteiger partial charge in [-0.05, 0) is 31.0 Å². The molecule has 0 bridgehead atoms. The molecular formula is C16H21ClN2O3. The number of hydrogen-bond acceptors (Lipinski definition) is 3. The summed E-state index contributed by atoms with van der Waals surface area (Å²) < 4.78 is 5.04. The first-order chi connectivity index (χ1) is 10.6. The summed E-state index contributed by atoms with van der Waals surface area (Å²) in [5, 5.41) is 5.73. The minimum Gasteiger partial charge on any atom is -0.495 e. The van der Waals surface area contributed by atoms with Gasteiger partial charge in [0.25, 0.3) is 0 Å². The van der Waals surface area contributed by atoms with Gasteiger partial charge in [0.15, 0.2) is 0 Å². The van der Waals surface area contributed by atoms with E-state index in [1.165, 1.54) is 20.0 Å². The molecule has 0 spiro atoms. The van der Waals surface area contributed by atoms with E-state index in [9.17, 15) is 9.59 Å². The lowest BCUT2D eigenvalue weighted by Crippen LogP contribution is -2.41. The minimum atomic E-state index is -0.675. The van der Waals surface area contributed by atoms with Gasteiger partial charge in [-0.2, -0.15) is 0 Å². The Morgan fingerprint density at radius 2 is 1.82 bits per heavy atom. The van der Waals surface area contributed by atoms with E-state index in [4.69, 9.17) is 16.3 Å². The largest absolute Gasteiger partial charge is 0.495 e. The van der Waals surface area contributed by atoms with Crippen LogP contribution in [0.2, 0.25) is 5.02 Å². The van der Waals surface area contributed by atoms with Crippen molar-refractivity contribution in [2.45, 2.75) is 44.6 Å². The molecule has 1 aromatic carbocycles. The third-order valence-corrected chi connectivity index (χ3v) is 4.10. The fourth-order valence-corrected chi connectivity index (χ4v) is 2.86. The highest BCUT2D eigenvalue weighted by atomic mass is 35.5. The summed E-state index contributed by atoms with van der Waals surface area (Å²) in [6.07, 6.45) is 6.47. The van der Waals surface area contributed by atoms with Crippen LogP contribution >= 0.6 is 11.6 Å². The SMILES string of the molecule is COc1ccc(NC(=O)C(=O)NC2CCCCCC2)cc1Cl. The summed E-state index contributed by atoms with van der Waals surface area (Å²) >= 11 is 5.99. The van der Waals surface area contributed by atoms with Gasteiger partial charge in [-0.15, -0.1) is 0 Å². The molecule has 1 saturated carbocycles. The number of rotatable bonds is 3. The molecule has 0 radical (unpaired) electrons. The van der Waals surface area contributed by atoms with Crippen LogP contribution in [0, 0.1) is 0 Å². The van der Waals surface area contributed by atoms with E-state index >= 15 is 0 Å². The molecule has 0 saturated heterocycles. The summed E-state index contributed by atoms with van der Waals surface area (Å²) in [6.45, 7) is 0. The van der Waals surface area contributed by atoms with Crippen molar-refractivity contribution >= 4 is 29.1 Å². The molecule has 1 fully saturated rings. The van der Waals surface area contributed by atoms with E-state index in [0.29, 0.717) is 16.5 Å². The predicted molar refractivity (Wildman–Crippen MR) is 86.3 cm³/mol. The fourth-order valence-electron chi connectivity index (χ4n) is 2.61. The maximum absolute atomic E-state index is 12.0. The molecule has 0 heterocycles. The van der Waals surface area contributed by atoms with Gasteiger partial charge in [0, 0.05) is 11.7 Å². The average Bonchev–Trinajstić information content (AvgIpc) is 2.76. The van der Waals surface area contributed by atoms with Gasteiger partial charge in [-0.25, -0.2) is 0 Å². The second kappa shape index (κ2) is 8.03. The van der Waals surface area contributed by atoms with Gasteiger partial charge in [0.2, 0.25) is 0 Å². The number of amides is 2. The zero-order chi connectivity index (χ0) is 15.9. The maximum atomic E-state index is 12.0. The van der Waals surface area contributed by atoms with E-state index in [1.807, 2.05) is 0 Å². The Hall–Kier alpha value is -1.75. The van der Waals surface area contributed by atoms with Crippen LogP contribution in [0.4, 0.5) is 5.69 Å². The Morgan fingerprint density at radius 3 is 2.41 bits per heavy atom. The molecule has 0 aromatic heterocycles. The van der Waals surface area contributed by atoms with E-state index in [0.717, 1.165) is 25.7 Å². The first-order valence-corrected chi connectivity index (χ1v) is 7.93. The number of halogens is 1. The quantitative estimate of drug-likeness (QED) is 0.663. The molecule has 0 atom stereocenters. The number of carbonyl (C=O) groups is 2. The molecule has 0 unspecified atom stereocenters. The number of methoxy groups -OCH3 is 1. The smallest absolute Gasteiger partial charge is 0.313 e. The third kappa shape index (κ3) is 4.63. The molecule has 1 aliphatic carbocycles. The Kier molecular flexibility index (Phi) is 6.07. The van der Waals surface area contributed by atoms with E-state index in [-0.39, 0.29) is 6.04 Å². The number of hydrogen-bond donors (Lipinski definition) is 2. The number of benzene rings is 1. The third-order valence-electron chi connectivity index (χ3n) is 3.81. The highest BCUT2D eigenvalue weighted by molar-refractivity contribution is 6.40. The van der Waals surface area contributed by atoms with Crippen molar-refractivity contribution in [1.82, 2.24) is 5.32 Å². The highest BCUT2D eigenvalue weighted by Crippen LogP contribution is 2.27. The van der Waals surface area contributed by atoms with Crippen molar-refractivity contribution in [1.29, 1.82) is 0 Å². The summed E-state index contributed by atoms with van der Waals surface area (Å²) in [6, 6.07) is 4.93. The molecule has 22 heavy (non-hydrogen) atoms. The normalized spacial score (nSPS) is 15.7. The highest BCUT2D eigenvalue weighted by Gasteiger charge is 2.20. The minimum absolute atomic E-state index is 0.0974. The van der Waals surface area contributed by atoms with Crippen molar-refractivity contribution in [2.24, 2.45) is 0 Å². The predicted octanol–water partition coefficient (Wildman–Crippen LogP) is 3.13. The topological polar surface area (TPSA) is 67.4 Å². The molecule has 1 aliphatic rings. The van der Waals surface area contributed by atoms with Gasteiger partial charge >= 0.3 is 11.8 Å². The van der Waals surface area contributed by atoms with E-state index in [2.05, 4.69) is 10.6 Å². The fraction of sp³-hybridized carbons (Fsp3) is 0.500. The monoisotopic (exact) mass is 324 g/mol. The first-order valence-electron chi connectivity index (χ1n) is 7.55. The van der Waals surface area contributed by atoms with Crippen LogP contribution in [0.15, 0.2) is 18.2 Å². The molecule has 2 rings (SSSR count). The molecular weight excluding hydrogens is 304 g/mol. The Labute approximate surface area is 135 Å². The zero-order valence-electron chi connectivity index (χ0n) is 12.7. The van der Waals surface area contributed by atoms with Gasteiger partial charge in [0.05, 0.1) is 12.1 Å². The Bertz CT molecular complexity index is 540. The zero-order valence-corrected chi connectivity index (χ0v) is 13.4. The Morgan fingerprint density at radius 1 is 1.14 bits per heavy atom. The molecule has 5 nitrogen and oxygen atoms in total. The lowest BCUT2D eigenvalue weighted by molar-refractivity contribution is -0.136. The van der Waals surface area contributed by atoms with Crippen molar-refractivity contribution in [3.63, 3.8) is 0 Å². The second-order valence-electron chi connectivity index (χ2n) is 5.47. The van der Waals surface area contributed by atoms with Crippen molar-refractivity contribution in [3.8, 4) is 5.75 Å². The molecule has 1 aromatic rings. The number of nitrogens with one attached hydrogen (secondary N) is 2. The summed E-state index contributed by atoms with van der Waals surface area (Å²) in [5.74, 6) is -0.758. The Balaban J connectivity index is 1.90. The van der Waals surface area contributed by atoms with Crippen LogP contribution in [0.5, 0.6) is 5.75 Å². The molecule has 0 aliphatic heterocycles. The lowest BCUT2D eigenvalue weighted by Gasteiger charge is -2.16. The first kappa shape index (κ1) is 16.6. The summed E-state index contributed by atoms with van der Waals surface area (Å²) in [4.78, 5) is 23.9. The van der Waals surface area contributed by atoms with Crippen LogP contribution in [-0.4, -0.2) is 25.0 Å². The molecule has 2 N–H and O–H groups in total. The van der Waals surface area contributed by atoms with Crippen LogP contribution in [-0.2, 0) is 9.59 Å². The maximum Gasteiger partial charge on any atom is 0.313 e. The molecule has 120 valence electrons. The van der Waals surface area contributed by atoms with Crippen LogP contribution in [0.1, 0.15) is 38.5 Å². The van der Waals surface area contributed by atoms with Crippen LogP contribution in [0.3, 0.4) is 0 Å². The molecule has 6 heteroatoms. The van der Waals surface area contributed by atoms with Crippen molar-refractivity contribution < 1.29 is 14.3 Å². The van der Waals surface area contributed by atoms with Crippen molar-refractivity contribution in [2.75, 3.05) is 12.4 Å².